The molecule has 0 saturated heterocycles. The van der Waals surface area contributed by atoms with Crippen molar-refractivity contribution in [3.63, 3.8) is 0 Å². The Bertz CT molecular complexity index is 756. The molecule has 0 radical (unpaired) electrons. The minimum absolute atomic E-state index is 0.0889. The van der Waals surface area contributed by atoms with Crippen molar-refractivity contribution >= 4 is 5.78 Å². The van der Waals surface area contributed by atoms with Crippen LogP contribution in [0.5, 0.6) is 11.5 Å². The second kappa shape index (κ2) is 3.21. The van der Waals surface area contributed by atoms with E-state index in [1.54, 1.807) is 6.07 Å². The maximum Gasteiger partial charge on any atom is 0.174 e. The number of benzene rings is 1. The summed E-state index contributed by atoms with van der Waals surface area (Å²) in [5.74, 6) is 2.09. The molecule has 114 valence electrons. The van der Waals surface area contributed by atoms with Crippen LogP contribution in [0.1, 0.15) is 36.8 Å². The first-order valence-electron chi connectivity index (χ1n) is 8.33. The maximum atomic E-state index is 12.6. The van der Waals surface area contributed by atoms with E-state index in [2.05, 4.69) is 0 Å². The molecule has 1 aromatic rings. The van der Waals surface area contributed by atoms with Crippen LogP contribution in [0.15, 0.2) is 12.1 Å². The fourth-order valence-corrected chi connectivity index (χ4v) is 6.65. The molecule has 1 heterocycles. The van der Waals surface area contributed by atoms with Crippen LogP contribution in [0.3, 0.4) is 0 Å². The number of hydrogen-bond donors (Lipinski definition) is 2. The van der Waals surface area contributed by atoms with Crippen LogP contribution in [0.4, 0.5) is 0 Å². The van der Waals surface area contributed by atoms with Crippen LogP contribution in [-0.2, 0) is 16.6 Å². The third-order valence-electron chi connectivity index (χ3n) is 7.50. The normalized spacial score (nSPS) is 49.2. The molecule has 1 aliphatic heterocycles. The number of carbonyl (C=O) groups excluding carboxylic acids is 1. The lowest BCUT2D eigenvalue weighted by Crippen LogP contribution is -2.64. The van der Waals surface area contributed by atoms with Gasteiger partial charge in [0.05, 0.1) is 11.0 Å². The molecule has 6 atom stereocenters. The van der Waals surface area contributed by atoms with Crippen molar-refractivity contribution in [3.05, 3.63) is 23.3 Å². The zero-order valence-corrected chi connectivity index (χ0v) is 12.2. The van der Waals surface area contributed by atoms with E-state index in [1.165, 1.54) is 5.56 Å². The average Bonchev–Trinajstić information content (AvgIpc) is 2.89. The molecule has 4 unspecified atom stereocenters. The third-order valence-corrected chi connectivity index (χ3v) is 7.50. The van der Waals surface area contributed by atoms with Crippen LogP contribution < -0.4 is 4.74 Å². The average molecular weight is 298 g/mol. The molecule has 2 bridgehead atoms. The first-order valence-corrected chi connectivity index (χ1v) is 8.33. The number of aliphatic hydroxyl groups is 1. The van der Waals surface area contributed by atoms with Gasteiger partial charge in [0.2, 0.25) is 0 Å². The Hall–Kier alpha value is -1.55. The van der Waals surface area contributed by atoms with Crippen LogP contribution in [-0.4, -0.2) is 27.7 Å². The van der Waals surface area contributed by atoms with Gasteiger partial charge in [0.25, 0.3) is 0 Å². The van der Waals surface area contributed by atoms with Crippen molar-refractivity contribution in [2.24, 2.45) is 17.8 Å². The molecule has 4 nitrogen and oxygen atoms in total. The van der Waals surface area contributed by atoms with E-state index in [1.807, 2.05) is 6.07 Å². The fraction of sp³-hybridized carbons (Fsp3) is 0.611. The van der Waals surface area contributed by atoms with Gasteiger partial charge in [-0.1, -0.05) is 6.07 Å². The van der Waals surface area contributed by atoms with Gasteiger partial charge in [-0.15, -0.1) is 0 Å². The van der Waals surface area contributed by atoms with E-state index in [4.69, 9.17) is 4.74 Å². The predicted molar refractivity (Wildman–Crippen MR) is 76.8 cm³/mol. The summed E-state index contributed by atoms with van der Waals surface area (Å²) in [5, 5.41) is 21.9. The Labute approximate surface area is 128 Å². The van der Waals surface area contributed by atoms with E-state index >= 15 is 0 Å². The summed E-state index contributed by atoms with van der Waals surface area (Å²) in [4.78, 5) is 12.6. The molecule has 3 fully saturated rings. The van der Waals surface area contributed by atoms with Gasteiger partial charge in [0.15, 0.2) is 23.4 Å². The molecule has 6 rings (SSSR count). The van der Waals surface area contributed by atoms with Crippen LogP contribution in [0.2, 0.25) is 0 Å². The molecule has 4 heteroatoms. The first kappa shape index (κ1) is 11.9. The monoisotopic (exact) mass is 298 g/mol. The number of rotatable bonds is 0. The van der Waals surface area contributed by atoms with Crippen molar-refractivity contribution < 1.29 is 19.7 Å². The highest BCUT2D eigenvalue weighted by atomic mass is 16.5. The van der Waals surface area contributed by atoms with Crippen molar-refractivity contribution in [1.82, 2.24) is 0 Å². The smallest absolute Gasteiger partial charge is 0.174 e. The highest BCUT2D eigenvalue weighted by Gasteiger charge is 2.78. The van der Waals surface area contributed by atoms with Gasteiger partial charge in [-0.3, -0.25) is 4.79 Å². The Kier molecular flexibility index (Phi) is 1.74. The standard InChI is InChI=1S/C18H18O4/c19-12-2-1-8-5-9-6-11-10(9)7-17-14(8)15(12)22-16(17)13(20)3-4-18(11,17)21/h1-2,9-11,16,19,21H,3-7H2/t9?,10?,11-,16+,17?,18?/m1/s1. The number of hydrogen-bond acceptors (Lipinski definition) is 4. The first-order chi connectivity index (χ1) is 10.6. The van der Waals surface area contributed by atoms with Gasteiger partial charge in [-0.05, 0) is 55.1 Å². The van der Waals surface area contributed by atoms with Gasteiger partial charge in [0.1, 0.15) is 0 Å². The summed E-state index contributed by atoms with van der Waals surface area (Å²) in [5.41, 5.74) is 0.699. The molecule has 5 aliphatic rings. The van der Waals surface area contributed by atoms with Gasteiger partial charge in [-0.2, -0.15) is 0 Å². The molecule has 3 saturated carbocycles. The van der Waals surface area contributed by atoms with E-state index in [0.717, 1.165) is 24.8 Å². The third kappa shape index (κ3) is 0.937. The number of aromatic hydroxyl groups is 1. The van der Waals surface area contributed by atoms with Crippen LogP contribution in [0.25, 0.3) is 0 Å². The molecule has 1 aromatic carbocycles. The van der Waals surface area contributed by atoms with E-state index in [0.29, 0.717) is 36.3 Å². The molecule has 22 heavy (non-hydrogen) atoms. The predicted octanol–water partition coefficient (Wildman–Crippen LogP) is 1.70. The summed E-state index contributed by atoms with van der Waals surface area (Å²) in [7, 11) is 0. The lowest BCUT2D eigenvalue weighted by atomic mass is 9.53. The molecule has 0 aromatic heterocycles. The lowest BCUT2D eigenvalue weighted by molar-refractivity contribution is -0.157. The van der Waals surface area contributed by atoms with Gasteiger partial charge in [-0.25, -0.2) is 0 Å². The zero-order valence-electron chi connectivity index (χ0n) is 12.2. The molecule has 4 aliphatic carbocycles. The topological polar surface area (TPSA) is 66.8 Å². The van der Waals surface area contributed by atoms with Crippen LogP contribution in [0, 0.1) is 17.8 Å². The zero-order chi connectivity index (χ0) is 14.9. The number of phenolic OH excluding ortho intramolecular Hbond substituents is 1. The second-order valence-electron chi connectivity index (χ2n) is 7.98. The van der Waals surface area contributed by atoms with Crippen LogP contribution >= 0.6 is 0 Å². The largest absolute Gasteiger partial charge is 0.504 e. The second-order valence-corrected chi connectivity index (χ2v) is 7.98. The Morgan fingerprint density at radius 3 is 3.05 bits per heavy atom. The Balaban J connectivity index is 1.75. The quantitative estimate of drug-likeness (QED) is 0.765. The van der Waals surface area contributed by atoms with E-state index in [9.17, 15) is 15.0 Å². The van der Waals surface area contributed by atoms with E-state index < -0.39 is 17.1 Å². The van der Waals surface area contributed by atoms with Crippen molar-refractivity contribution in [2.45, 2.75) is 49.2 Å². The molecule has 2 N–H and O–H groups in total. The Morgan fingerprint density at radius 2 is 2.18 bits per heavy atom. The summed E-state index contributed by atoms with van der Waals surface area (Å²) in [6, 6.07) is 3.66. The number of phenols is 1. The minimum Gasteiger partial charge on any atom is -0.504 e. The summed E-state index contributed by atoms with van der Waals surface area (Å²) in [6.45, 7) is 0. The Morgan fingerprint density at radius 1 is 1.32 bits per heavy atom. The summed E-state index contributed by atoms with van der Waals surface area (Å²) >= 11 is 0. The lowest BCUT2D eigenvalue weighted by Gasteiger charge is -2.53. The summed E-state index contributed by atoms with van der Waals surface area (Å²) < 4.78 is 5.99. The molecular formula is C18H18O4. The number of Topliss-reactive ketones (excluding diaryl/α,β-unsaturated/α-hetero) is 1. The van der Waals surface area contributed by atoms with Gasteiger partial charge in [0, 0.05) is 12.0 Å². The molecule has 1 spiro atoms. The number of ketones is 1. The number of carbonyl (C=O) groups is 1. The summed E-state index contributed by atoms with van der Waals surface area (Å²) in [6.07, 6.45) is 3.25. The molecular weight excluding hydrogens is 280 g/mol. The molecule has 0 amide bonds. The van der Waals surface area contributed by atoms with Gasteiger partial charge >= 0.3 is 0 Å². The van der Waals surface area contributed by atoms with Crippen molar-refractivity contribution in [2.75, 3.05) is 0 Å². The number of fused-ring (bicyclic) bond motifs is 1. The maximum absolute atomic E-state index is 12.6. The SMILES string of the molecule is O=C1CCC2(O)[C@@H]3CC4Cc5ccc(O)c6c5C2(CC43)[C@H]1O6. The minimum atomic E-state index is -0.832. The van der Waals surface area contributed by atoms with Crippen molar-refractivity contribution in [3.8, 4) is 11.5 Å². The highest BCUT2D eigenvalue weighted by molar-refractivity contribution is 5.90. The van der Waals surface area contributed by atoms with E-state index in [-0.39, 0.29) is 11.5 Å². The highest BCUT2D eigenvalue weighted by Crippen LogP contribution is 2.74. The fourth-order valence-electron chi connectivity index (χ4n) is 6.65. The van der Waals surface area contributed by atoms with Gasteiger partial charge < -0.3 is 14.9 Å². The number of ether oxygens (including phenoxy) is 1. The van der Waals surface area contributed by atoms with Crippen molar-refractivity contribution in [1.29, 1.82) is 0 Å².